The summed E-state index contributed by atoms with van der Waals surface area (Å²) < 4.78 is 10.6. The Morgan fingerprint density at radius 1 is 1.44 bits per heavy atom. The molecule has 0 radical (unpaired) electrons. The van der Waals surface area contributed by atoms with E-state index >= 15 is 0 Å². The lowest BCUT2D eigenvalue weighted by molar-refractivity contribution is 0.138. The van der Waals surface area contributed by atoms with Crippen LogP contribution in [-0.4, -0.2) is 37.0 Å². The zero-order valence-corrected chi connectivity index (χ0v) is 9.56. The molecule has 16 heavy (non-hydrogen) atoms. The molecule has 2 N–H and O–H groups in total. The number of methoxy groups -OCH3 is 1. The van der Waals surface area contributed by atoms with Crippen LogP contribution in [0.3, 0.4) is 0 Å². The molecule has 1 aliphatic rings. The van der Waals surface area contributed by atoms with E-state index in [1.807, 2.05) is 0 Å². The Hall–Kier alpha value is -1.14. The average Bonchev–Trinajstić information content (AvgIpc) is 2.79. The Balaban J connectivity index is 1.88. The van der Waals surface area contributed by atoms with Gasteiger partial charge in [-0.1, -0.05) is 5.10 Å². The molecule has 6 nitrogen and oxygen atoms in total. The van der Waals surface area contributed by atoms with Crippen LogP contribution in [0.1, 0.15) is 18.7 Å². The zero-order chi connectivity index (χ0) is 11.4. The van der Waals surface area contributed by atoms with Crippen LogP contribution in [0.15, 0.2) is 4.42 Å². The molecule has 0 aromatic carbocycles. The molecule has 0 aliphatic carbocycles. The molecule has 1 aliphatic heterocycles. The van der Waals surface area contributed by atoms with Crippen LogP contribution in [0.5, 0.6) is 0 Å². The SMILES string of the molecule is COCC1CCN(c2nnc(CN)o2)CC1. The van der Waals surface area contributed by atoms with Gasteiger partial charge in [0.05, 0.1) is 6.54 Å². The summed E-state index contributed by atoms with van der Waals surface area (Å²) in [5.74, 6) is 1.15. The van der Waals surface area contributed by atoms with Crippen molar-refractivity contribution in [2.45, 2.75) is 19.4 Å². The van der Waals surface area contributed by atoms with Crippen molar-refractivity contribution in [2.75, 3.05) is 31.7 Å². The van der Waals surface area contributed by atoms with Gasteiger partial charge in [0.2, 0.25) is 5.89 Å². The Labute approximate surface area is 94.8 Å². The highest BCUT2D eigenvalue weighted by Gasteiger charge is 2.22. The maximum Gasteiger partial charge on any atom is 0.318 e. The Bertz CT molecular complexity index is 320. The first kappa shape index (κ1) is 11.3. The van der Waals surface area contributed by atoms with Gasteiger partial charge in [0.1, 0.15) is 0 Å². The van der Waals surface area contributed by atoms with E-state index in [9.17, 15) is 0 Å². The van der Waals surface area contributed by atoms with Gasteiger partial charge in [0.15, 0.2) is 0 Å². The van der Waals surface area contributed by atoms with Crippen LogP contribution in [0.4, 0.5) is 6.01 Å². The van der Waals surface area contributed by atoms with E-state index in [1.165, 1.54) is 0 Å². The van der Waals surface area contributed by atoms with Gasteiger partial charge in [-0.2, -0.15) is 0 Å². The fraction of sp³-hybridized carbons (Fsp3) is 0.800. The lowest BCUT2D eigenvalue weighted by atomic mass is 9.98. The van der Waals surface area contributed by atoms with Gasteiger partial charge in [-0.25, -0.2) is 0 Å². The second kappa shape index (κ2) is 5.27. The normalized spacial score (nSPS) is 18.0. The molecule has 1 saturated heterocycles. The maximum atomic E-state index is 5.42. The number of anilines is 1. The molecule has 90 valence electrons. The van der Waals surface area contributed by atoms with Crippen LogP contribution < -0.4 is 10.6 Å². The topological polar surface area (TPSA) is 77.4 Å². The second-order valence-electron chi connectivity index (χ2n) is 4.07. The van der Waals surface area contributed by atoms with Crippen molar-refractivity contribution in [2.24, 2.45) is 11.7 Å². The minimum absolute atomic E-state index is 0.299. The predicted octanol–water partition coefficient (Wildman–Crippen LogP) is 0.391. The molecule has 6 heteroatoms. The van der Waals surface area contributed by atoms with Crippen molar-refractivity contribution in [1.82, 2.24) is 10.2 Å². The van der Waals surface area contributed by atoms with E-state index < -0.39 is 0 Å². The first-order chi connectivity index (χ1) is 7.83. The summed E-state index contributed by atoms with van der Waals surface area (Å²) in [6.07, 6.45) is 2.21. The van der Waals surface area contributed by atoms with Crippen LogP contribution >= 0.6 is 0 Å². The van der Waals surface area contributed by atoms with Gasteiger partial charge in [0, 0.05) is 26.8 Å². The molecule has 2 heterocycles. The molecule has 0 amide bonds. The molecule has 0 atom stereocenters. The standard InChI is InChI=1S/C10H18N4O2/c1-15-7-8-2-4-14(5-3-8)10-13-12-9(6-11)16-10/h8H,2-7,11H2,1H3. The molecule has 0 spiro atoms. The van der Waals surface area contributed by atoms with Gasteiger partial charge in [-0.15, -0.1) is 5.10 Å². The monoisotopic (exact) mass is 226 g/mol. The lowest BCUT2D eigenvalue weighted by Crippen LogP contribution is -2.35. The number of nitrogens with zero attached hydrogens (tertiary/aromatic N) is 3. The van der Waals surface area contributed by atoms with Crippen molar-refractivity contribution < 1.29 is 9.15 Å². The average molecular weight is 226 g/mol. The van der Waals surface area contributed by atoms with E-state index in [0.29, 0.717) is 24.4 Å². The number of hydrogen-bond acceptors (Lipinski definition) is 6. The maximum absolute atomic E-state index is 5.42. The quantitative estimate of drug-likeness (QED) is 0.800. The fourth-order valence-electron chi connectivity index (χ4n) is 1.98. The van der Waals surface area contributed by atoms with Gasteiger partial charge in [-0.05, 0) is 18.8 Å². The summed E-state index contributed by atoms with van der Waals surface area (Å²) in [6, 6.07) is 0.594. The summed E-state index contributed by atoms with van der Waals surface area (Å²) in [5.41, 5.74) is 5.42. The first-order valence-corrected chi connectivity index (χ1v) is 5.59. The number of piperidine rings is 1. The molecular formula is C10H18N4O2. The molecule has 0 unspecified atom stereocenters. The predicted molar refractivity (Wildman–Crippen MR) is 59.0 cm³/mol. The van der Waals surface area contributed by atoms with Gasteiger partial charge in [-0.3, -0.25) is 0 Å². The minimum Gasteiger partial charge on any atom is -0.407 e. The highest BCUT2D eigenvalue weighted by molar-refractivity contribution is 5.24. The zero-order valence-electron chi connectivity index (χ0n) is 9.56. The number of hydrogen-bond donors (Lipinski definition) is 1. The van der Waals surface area contributed by atoms with Crippen LogP contribution in [0, 0.1) is 5.92 Å². The van der Waals surface area contributed by atoms with Crippen molar-refractivity contribution in [3.8, 4) is 0 Å². The van der Waals surface area contributed by atoms with Gasteiger partial charge in [0.25, 0.3) is 0 Å². The summed E-state index contributed by atoms with van der Waals surface area (Å²) in [6.45, 7) is 3.03. The van der Waals surface area contributed by atoms with Gasteiger partial charge < -0.3 is 19.8 Å². The third kappa shape index (κ3) is 2.51. The smallest absolute Gasteiger partial charge is 0.318 e. The molecule has 0 saturated carbocycles. The third-order valence-electron chi connectivity index (χ3n) is 2.92. The fourth-order valence-corrected chi connectivity index (χ4v) is 1.98. The van der Waals surface area contributed by atoms with E-state index in [4.69, 9.17) is 14.9 Å². The van der Waals surface area contributed by atoms with Crippen molar-refractivity contribution in [1.29, 1.82) is 0 Å². The minimum atomic E-state index is 0.299. The van der Waals surface area contributed by atoms with Crippen molar-refractivity contribution in [3.05, 3.63) is 5.89 Å². The summed E-state index contributed by atoms with van der Waals surface area (Å²) in [7, 11) is 1.75. The summed E-state index contributed by atoms with van der Waals surface area (Å²) in [5, 5.41) is 7.84. The second-order valence-corrected chi connectivity index (χ2v) is 4.07. The van der Waals surface area contributed by atoms with Gasteiger partial charge >= 0.3 is 6.01 Å². The van der Waals surface area contributed by atoms with Crippen LogP contribution in [-0.2, 0) is 11.3 Å². The Morgan fingerprint density at radius 2 is 2.19 bits per heavy atom. The summed E-state index contributed by atoms with van der Waals surface area (Å²) >= 11 is 0. The Morgan fingerprint density at radius 3 is 2.75 bits per heavy atom. The molecule has 0 bridgehead atoms. The van der Waals surface area contributed by atoms with E-state index in [1.54, 1.807) is 7.11 Å². The molecule has 1 fully saturated rings. The van der Waals surface area contributed by atoms with Crippen LogP contribution in [0.25, 0.3) is 0 Å². The number of aromatic nitrogens is 2. The molecule has 1 aromatic heterocycles. The highest BCUT2D eigenvalue weighted by Crippen LogP contribution is 2.22. The number of nitrogens with two attached hydrogens (primary N) is 1. The highest BCUT2D eigenvalue weighted by atomic mass is 16.5. The largest absolute Gasteiger partial charge is 0.407 e. The lowest BCUT2D eigenvalue weighted by Gasteiger charge is -2.30. The van der Waals surface area contributed by atoms with E-state index in [0.717, 1.165) is 32.5 Å². The number of ether oxygens (including phenoxy) is 1. The molecule has 2 rings (SSSR count). The Kier molecular flexibility index (Phi) is 3.74. The van der Waals surface area contributed by atoms with E-state index in [-0.39, 0.29) is 0 Å². The number of rotatable bonds is 4. The molecule has 1 aromatic rings. The summed E-state index contributed by atoms with van der Waals surface area (Å²) in [4.78, 5) is 2.11. The third-order valence-corrected chi connectivity index (χ3v) is 2.92. The van der Waals surface area contributed by atoms with Crippen LogP contribution in [0.2, 0.25) is 0 Å². The molecular weight excluding hydrogens is 208 g/mol. The van der Waals surface area contributed by atoms with Crippen molar-refractivity contribution >= 4 is 6.01 Å². The van der Waals surface area contributed by atoms with Crippen molar-refractivity contribution in [3.63, 3.8) is 0 Å². The van der Waals surface area contributed by atoms with E-state index in [2.05, 4.69) is 15.1 Å². The first-order valence-electron chi connectivity index (χ1n) is 5.59.